The summed E-state index contributed by atoms with van der Waals surface area (Å²) < 4.78 is 5.21. The van der Waals surface area contributed by atoms with Gasteiger partial charge in [-0.05, 0) is 91.3 Å². The van der Waals surface area contributed by atoms with Crippen LogP contribution in [0, 0.1) is 0 Å². The summed E-state index contributed by atoms with van der Waals surface area (Å²) in [5.74, 6) is 0. The number of anilines is 2. The quantitative estimate of drug-likeness (QED) is 0.289. The Morgan fingerprint density at radius 2 is 0.812 bits per heavy atom. The van der Waals surface area contributed by atoms with Gasteiger partial charge < -0.3 is 9.13 Å². The molecule has 2 rings (SSSR count). The summed E-state index contributed by atoms with van der Waals surface area (Å²) in [6.45, 7) is 18.6. The van der Waals surface area contributed by atoms with Gasteiger partial charge in [-0.1, -0.05) is 72.4 Å². The number of rotatable bonds is 12. The fourth-order valence-corrected chi connectivity index (χ4v) is 12.6. The summed E-state index contributed by atoms with van der Waals surface area (Å²) in [6, 6.07) is 25.9. The SMILES string of the molecule is C=C(c1ccc(N(C)[Si](CC)(CC)CC)cc1)c1ccc(N(C)[Si](CC)(CC)CC)cc1. The lowest BCUT2D eigenvalue weighted by atomic mass is 9.99. The van der Waals surface area contributed by atoms with E-state index in [2.05, 4.69) is 120 Å². The molecule has 0 heterocycles. The molecule has 0 spiro atoms. The largest absolute Gasteiger partial charge is 0.400 e. The van der Waals surface area contributed by atoms with E-state index < -0.39 is 16.5 Å². The van der Waals surface area contributed by atoms with Gasteiger partial charge in [-0.3, -0.25) is 0 Å². The summed E-state index contributed by atoms with van der Waals surface area (Å²) in [5.41, 5.74) is 6.20. The highest BCUT2D eigenvalue weighted by Crippen LogP contribution is 2.32. The number of hydrogen-bond donors (Lipinski definition) is 0. The summed E-state index contributed by atoms with van der Waals surface area (Å²) in [5, 5.41) is 0. The van der Waals surface area contributed by atoms with Crippen LogP contribution in [0.25, 0.3) is 5.57 Å². The molecule has 2 aromatic carbocycles. The first-order chi connectivity index (χ1) is 15.3. The second-order valence-corrected chi connectivity index (χ2v) is 19.7. The molecule has 0 fully saturated rings. The van der Waals surface area contributed by atoms with Crippen molar-refractivity contribution in [3.8, 4) is 0 Å². The van der Waals surface area contributed by atoms with Crippen LogP contribution < -0.4 is 9.13 Å². The maximum Gasteiger partial charge on any atom is 0.155 e. The maximum absolute atomic E-state index is 4.43. The van der Waals surface area contributed by atoms with Crippen molar-refractivity contribution in [3.05, 3.63) is 66.2 Å². The highest BCUT2D eigenvalue weighted by atomic mass is 28.3. The van der Waals surface area contributed by atoms with Gasteiger partial charge in [0.2, 0.25) is 0 Å². The van der Waals surface area contributed by atoms with Gasteiger partial charge in [0.15, 0.2) is 16.5 Å². The molecule has 0 saturated heterocycles. The molecule has 0 N–H and O–H groups in total. The van der Waals surface area contributed by atoms with Crippen molar-refractivity contribution in [2.24, 2.45) is 0 Å². The smallest absolute Gasteiger partial charge is 0.155 e. The Bertz CT molecular complexity index is 762. The van der Waals surface area contributed by atoms with Gasteiger partial charge in [0, 0.05) is 11.4 Å². The fraction of sp³-hybridized carbons (Fsp3) is 0.500. The van der Waals surface area contributed by atoms with Gasteiger partial charge >= 0.3 is 0 Å². The monoisotopic (exact) mass is 466 g/mol. The van der Waals surface area contributed by atoms with E-state index in [1.54, 1.807) is 0 Å². The van der Waals surface area contributed by atoms with Crippen LogP contribution in [0.15, 0.2) is 55.1 Å². The van der Waals surface area contributed by atoms with Crippen LogP contribution in [0.5, 0.6) is 0 Å². The van der Waals surface area contributed by atoms with Gasteiger partial charge in [0.05, 0.1) is 0 Å². The number of benzene rings is 2. The van der Waals surface area contributed by atoms with E-state index in [0.717, 1.165) is 5.57 Å². The van der Waals surface area contributed by atoms with E-state index in [1.165, 1.54) is 58.8 Å². The van der Waals surface area contributed by atoms with Gasteiger partial charge in [-0.15, -0.1) is 0 Å². The minimum atomic E-state index is -1.40. The Morgan fingerprint density at radius 3 is 1.03 bits per heavy atom. The second-order valence-electron chi connectivity index (χ2n) is 9.26. The molecular formula is C28H46N2Si2. The van der Waals surface area contributed by atoms with E-state index in [-0.39, 0.29) is 0 Å². The minimum absolute atomic E-state index is 1.10. The highest BCUT2D eigenvalue weighted by molar-refractivity contribution is 6.83. The molecule has 4 heteroatoms. The zero-order valence-electron chi connectivity index (χ0n) is 22.0. The molecule has 0 aliphatic heterocycles. The van der Waals surface area contributed by atoms with E-state index >= 15 is 0 Å². The molecule has 0 aromatic heterocycles. The molecule has 0 aliphatic rings. The van der Waals surface area contributed by atoms with Crippen molar-refractivity contribution in [2.75, 3.05) is 23.2 Å². The Morgan fingerprint density at radius 1 is 0.562 bits per heavy atom. The zero-order valence-corrected chi connectivity index (χ0v) is 24.0. The lowest BCUT2D eigenvalue weighted by Gasteiger charge is -2.40. The highest BCUT2D eigenvalue weighted by Gasteiger charge is 2.33. The predicted molar refractivity (Wildman–Crippen MR) is 152 cm³/mol. The summed E-state index contributed by atoms with van der Waals surface area (Å²) >= 11 is 0. The van der Waals surface area contributed by atoms with Crippen LogP contribution in [-0.4, -0.2) is 30.6 Å². The molecule has 176 valence electrons. The molecule has 0 amide bonds. The van der Waals surface area contributed by atoms with Crippen molar-refractivity contribution in [3.63, 3.8) is 0 Å². The van der Waals surface area contributed by atoms with E-state index in [1.807, 2.05) is 0 Å². The average Bonchev–Trinajstić information content (AvgIpc) is 2.86. The first kappa shape index (κ1) is 26.5. The van der Waals surface area contributed by atoms with E-state index in [0.29, 0.717) is 0 Å². The van der Waals surface area contributed by atoms with Gasteiger partial charge in [0.1, 0.15) is 0 Å². The summed E-state index contributed by atoms with van der Waals surface area (Å²) in [7, 11) is 1.79. The third kappa shape index (κ3) is 5.07. The van der Waals surface area contributed by atoms with Crippen molar-refractivity contribution in [1.29, 1.82) is 0 Å². The molecule has 32 heavy (non-hydrogen) atoms. The van der Waals surface area contributed by atoms with Crippen LogP contribution in [-0.2, 0) is 0 Å². The molecule has 0 aliphatic carbocycles. The van der Waals surface area contributed by atoms with Gasteiger partial charge in [0.25, 0.3) is 0 Å². The van der Waals surface area contributed by atoms with Crippen LogP contribution in [0.1, 0.15) is 52.7 Å². The summed E-state index contributed by atoms with van der Waals surface area (Å²) in [4.78, 5) is 0. The predicted octanol–water partition coefficient (Wildman–Crippen LogP) is 8.63. The number of nitrogens with zero attached hydrogens (tertiary/aromatic N) is 2. The van der Waals surface area contributed by atoms with Gasteiger partial charge in [-0.25, -0.2) is 0 Å². The molecule has 2 nitrogen and oxygen atoms in total. The number of hydrogen-bond acceptors (Lipinski definition) is 2. The third-order valence-electron chi connectivity index (χ3n) is 8.58. The van der Waals surface area contributed by atoms with Crippen molar-refractivity contribution < 1.29 is 0 Å². The van der Waals surface area contributed by atoms with Crippen LogP contribution in [0.4, 0.5) is 11.4 Å². The first-order valence-corrected chi connectivity index (χ1v) is 17.8. The van der Waals surface area contributed by atoms with Crippen molar-refractivity contribution in [2.45, 2.75) is 77.8 Å². The fourth-order valence-electron chi connectivity index (χ4n) is 5.41. The molecular weight excluding hydrogens is 420 g/mol. The Labute approximate surface area is 200 Å². The standard InChI is InChI=1S/C28H46N2Si2/c1-10-31(11-2,12-3)29(8)27-20-16-25(17-21-27)24(7)26-18-22-28(23-19-26)30(9)32(13-4,14-5)15-6/h16-23H,7,10-15H2,1-6,8-9H3. The van der Waals surface area contributed by atoms with Crippen LogP contribution in [0.2, 0.25) is 36.3 Å². The lowest BCUT2D eigenvalue weighted by molar-refractivity contribution is 1.08. The van der Waals surface area contributed by atoms with Crippen molar-refractivity contribution in [1.82, 2.24) is 0 Å². The van der Waals surface area contributed by atoms with E-state index in [4.69, 9.17) is 0 Å². The third-order valence-corrected chi connectivity index (χ3v) is 19.8. The second kappa shape index (κ2) is 11.4. The average molecular weight is 467 g/mol. The first-order valence-electron chi connectivity index (χ1n) is 12.6. The van der Waals surface area contributed by atoms with E-state index in [9.17, 15) is 0 Å². The molecule has 0 atom stereocenters. The minimum Gasteiger partial charge on any atom is -0.400 e. The van der Waals surface area contributed by atoms with Crippen LogP contribution in [0.3, 0.4) is 0 Å². The lowest BCUT2D eigenvalue weighted by Crippen LogP contribution is -2.50. The Hall–Kier alpha value is -1.79. The molecule has 0 bridgehead atoms. The molecule has 0 unspecified atom stereocenters. The zero-order chi connectivity index (χ0) is 23.9. The molecule has 0 radical (unpaired) electrons. The summed E-state index contributed by atoms with van der Waals surface area (Å²) in [6.07, 6.45) is 0. The Kier molecular flexibility index (Phi) is 9.41. The van der Waals surface area contributed by atoms with Crippen molar-refractivity contribution >= 4 is 33.4 Å². The topological polar surface area (TPSA) is 6.48 Å². The molecule has 0 saturated carbocycles. The normalized spacial score (nSPS) is 12.0. The molecule has 2 aromatic rings. The van der Waals surface area contributed by atoms with Crippen LogP contribution >= 0.6 is 0 Å². The van der Waals surface area contributed by atoms with Gasteiger partial charge in [-0.2, -0.15) is 0 Å². The Balaban J connectivity index is 2.22. The maximum atomic E-state index is 4.43.